The lowest BCUT2D eigenvalue weighted by Gasteiger charge is -2.36. The molecule has 2 aliphatic rings. The number of halogens is 1. The lowest BCUT2D eigenvalue weighted by Crippen LogP contribution is -2.47. The summed E-state index contributed by atoms with van der Waals surface area (Å²) in [6.07, 6.45) is 7.51. The smallest absolute Gasteiger partial charge is 0.320 e. The summed E-state index contributed by atoms with van der Waals surface area (Å²) < 4.78 is 19.1. The number of aromatic amines is 2. The first kappa shape index (κ1) is 25.6. The molecule has 2 amide bonds. The number of hydrogen-bond acceptors (Lipinski definition) is 4. The van der Waals surface area contributed by atoms with Gasteiger partial charge in [-0.3, -0.25) is 19.4 Å². The van der Waals surface area contributed by atoms with Gasteiger partial charge in [-0.15, -0.1) is 0 Å². The molecule has 7 rings (SSSR count). The standard InChI is InChI=1S/C30H33FN8O2/c1-35(2)16-19-6-9-36(10-7-19)30(41)38-12-11-37-18-23(22-14-21(31)13-20(17-38)28(22)37)26-27(33-34-29(26)40)24-15-32-25-5-3-4-8-39(24)25/h3-5,8,13-15,18-19H,6-7,9-12,16-17H2,1-2H3,(H2,33,34,40). The fourth-order valence-electron chi connectivity index (χ4n) is 6.61. The molecule has 2 N–H and O–H groups in total. The van der Waals surface area contributed by atoms with E-state index in [1.54, 1.807) is 6.20 Å². The van der Waals surface area contributed by atoms with E-state index in [4.69, 9.17) is 0 Å². The minimum atomic E-state index is -0.395. The number of fused-ring (bicyclic) bond motifs is 1. The lowest BCUT2D eigenvalue weighted by atomic mass is 9.96. The zero-order chi connectivity index (χ0) is 28.2. The van der Waals surface area contributed by atoms with Crippen molar-refractivity contribution in [1.82, 2.24) is 38.8 Å². The highest BCUT2D eigenvalue weighted by Gasteiger charge is 2.30. The molecule has 0 aliphatic carbocycles. The number of rotatable bonds is 4. The highest BCUT2D eigenvalue weighted by Crippen LogP contribution is 2.37. The van der Waals surface area contributed by atoms with Gasteiger partial charge in [0.1, 0.15) is 11.5 Å². The number of carbonyl (C=O) groups excluding carboxylic acids is 1. The van der Waals surface area contributed by atoms with Gasteiger partial charge in [0.15, 0.2) is 0 Å². The third kappa shape index (κ3) is 4.40. The van der Waals surface area contributed by atoms with Crippen LogP contribution < -0.4 is 5.56 Å². The number of likely N-dealkylation sites (tertiary alicyclic amines) is 1. The molecule has 2 aliphatic heterocycles. The van der Waals surface area contributed by atoms with Crippen LogP contribution in [0.2, 0.25) is 0 Å². The van der Waals surface area contributed by atoms with Gasteiger partial charge in [-0.1, -0.05) is 6.07 Å². The summed E-state index contributed by atoms with van der Waals surface area (Å²) in [5.74, 6) is 0.204. The number of amides is 2. The molecule has 0 bridgehead atoms. The quantitative estimate of drug-likeness (QED) is 0.350. The Labute approximate surface area is 236 Å². The van der Waals surface area contributed by atoms with Crippen molar-refractivity contribution in [3.8, 4) is 22.5 Å². The fourth-order valence-corrected chi connectivity index (χ4v) is 6.61. The molecule has 41 heavy (non-hydrogen) atoms. The maximum atomic E-state index is 15.1. The number of piperidine rings is 1. The first-order valence-corrected chi connectivity index (χ1v) is 14.1. The minimum absolute atomic E-state index is 0.00802. The van der Waals surface area contributed by atoms with E-state index in [2.05, 4.69) is 38.7 Å². The Morgan fingerprint density at radius 1 is 1.10 bits per heavy atom. The molecule has 1 saturated heterocycles. The minimum Gasteiger partial charge on any atom is -0.345 e. The maximum Gasteiger partial charge on any atom is 0.320 e. The Kier molecular flexibility index (Phi) is 6.19. The second kappa shape index (κ2) is 9.91. The molecule has 11 heteroatoms. The van der Waals surface area contributed by atoms with E-state index in [9.17, 15) is 9.59 Å². The molecular weight excluding hydrogens is 523 g/mol. The van der Waals surface area contributed by atoms with Gasteiger partial charge in [0, 0.05) is 62.6 Å². The van der Waals surface area contributed by atoms with Crippen LogP contribution in [0, 0.1) is 11.7 Å². The van der Waals surface area contributed by atoms with Gasteiger partial charge in [0.05, 0.1) is 28.7 Å². The number of pyridine rings is 1. The Morgan fingerprint density at radius 2 is 1.93 bits per heavy atom. The number of hydrogen-bond donors (Lipinski definition) is 2. The number of imidazole rings is 1. The second-order valence-corrected chi connectivity index (χ2v) is 11.5. The van der Waals surface area contributed by atoms with Gasteiger partial charge >= 0.3 is 6.03 Å². The number of nitrogens with zero attached hydrogens (tertiary/aromatic N) is 6. The first-order valence-electron chi connectivity index (χ1n) is 14.1. The molecule has 0 unspecified atom stereocenters. The van der Waals surface area contributed by atoms with Crippen molar-refractivity contribution < 1.29 is 9.18 Å². The molecule has 6 heterocycles. The summed E-state index contributed by atoms with van der Waals surface area (Å²) >= 11 is 0. The monoisotopic (exact) mass is 556 g/mol. The SMILES string of the molecule is CN(C)CC1CCN(C(=O)N2CCn3cc(-c4c(-c5cnc6ccccn56)[nH][nH]c4=O)c4cc(F)cc(c43)C2)CC1. The summed E-state index contributed by atoms with van der Waals surface area (Å²) in [5.41, 5.74) is 4.45. The van der Waals surface area contributed by atoms with Gasteiger partial charge < -0.3 is 19.3 Å². The van der Waals surface area contributed by atoms with Gasteiger partial charge in [0.25, 0.3) is 5.56 Å². The molecule has 1 aromatic carbocycles. The molecule has 0 radical (unpaired) electrons. The summed E-state index contributed by atoms with van der Waals surface area (Å²) in [7, 11) is 4.17. The van der Waals surface area contributed by atoms with E-state index >= 15 is 4.39 Å². The van der Waals surface area contributed by atoms with E-state index < -0.39 is 5.82 Å². The molecular formula is C30H33FN8O2. The van der Waals surface area contributed by atoms with Crippen molar-refractivity contribution in [3.05, 3.63) is 70.7 Å². The molecule has 0 spiro atoms. The van der Waals surface area contributed by atoms with Gasteiger partial charge in [-0.25, -0.2) is 14.2 Å². The lowest BCUT2D eigenvalue weighted by molar-refractivity contribution is 0.124. The van der Waals surface area contributed by atoms with Crippen LogP contribution in [0.3, 0.4) is 0 Å². The Hall–Kier alpha value is -4.38. The average molecular weight is 557 g/mol. The molecule has 1 fully saturated rings. The van der Waals surface area contributed by atoms with Crippen LogP contribution in [0.1, 0.15) is 18.4 Å². The predicted octanol–water partition coefficient (Wildman–Crippen LogP) is 3.99. The highest BCUT2D eigenvalue weighted by molar-refractivity contribution is 6.00. The molecule has 5 aromatic rings. The zero-order valence-corrected chi connectivity index (χ0v) is 23.2. The van der Waals surface area contributed by atoms with Crippen molar-refractivity contribution in [2.45, 2.75) is 25.9 Å². The van der Waals surface area contributed by atoms with Crippen LogP contribution in [-0.4, -0.2) is 85.2 Å². The van der Waals surface area contributed by atoms with Gasteiger partial charge in [0.2, 0.25) is 0 Å². The van der Waals surface area contributed by atoms with Crippen LogP contribution in [-0.2, 0) is 13.1 Å². The number of carbonyl (C=O) groups is 1. The Balaban J connectivity index is 1.23. The van der Waals surface area contributed by atoms with E-state index in [0.717, 1.165) is 54.9 Å². The van der Waals surface area contributed by atoms with Crippen LogP contribution in [0.15, 0.2) is 53.7 Å². The average Bonchev–Trinajstić information content (AvgIpc) is 3.61. The first-order chi connectivity index (χ1) is 19.9. The second-order valence-electron chi connectivity index (χ2n) is 11.5. The van der Waals surface area contributed by atoms with E-state index in [1.807, 2.05) is 44.8 Å². The van der Waals surface area contributed by atoms with Gasteiger partial charge in [-0.2, -0.15) is 0 Å². The van der Waals surface area contributed by atoms with Crippen molar-refractivity contribution >= 4 is 22.6 Å². The molecule has 0 atom stereocenters. The molecule has 10 nitrogen and oxygen atoms in total. The summed E-state index contributed by atoms with van der Waals surface area (Å²) in [4.78, 5) is 37.2. The van der Waals surface area contributed by atoms with Crippen molar-refractivity contribution in [2.75, 3.05) is 40.3 Å². The number of H-pyrrole nitrogens is 2. The third-order valence-electron chi connectivity index (χ3n) is 8.49. The molecule has 4 aromatic heterocycles. The number of nitrogens with one attached hydrogen (secondary N) is 2. The van der Waals surface area contributed by atoms with Crippen molar-refractivity contribution in [2.24, 2.45) is 5.92 Å². The number of benzene rings is 1. The third-order valence-corrected chi connectivity index (χ3v) is 8.49. The fraction of sp³-hybridized carbons (Fsp3) is 0.367. The topological polar surface area (TPSA) is 97.7 Å². The summed E-state index contributed by atoms with van der Waals surface area (Å²) in [6, 6.07) is 8.72. The van der Waals surface area contributed by atoms with Crippen LogP contribution in [0.4, 0.5) is 9.18 Å². The highest BCUT2D eigenvalue weighted by atomic mass is 19.1. The predicted molar refractivity (Wildman–Crippen MR) is 155 cm³/mol. The normalized spacial score (nSPS) is 16.3. The van der Waals surface area contributed by atoms with E-state index in [-0.39, 0.29) is 11.6 Å². The largest absolute Gasteiger partial charge is 0.345 e. The van der Waals surface area contributed by atoms with Crippen molar-refractivity contribution in [3.63, 3.8) is 0 Å². The summed E-state index contributed by atoms with van der Waals surface area (Å²) in [6.45, 7) is 3.88. The van der Waals surface area contributed by atoms with E-state index in [1.165, 1.54) is 12.1 Å². The van der Waals surface area contributed by atoms with Crippen LogP contribution >= 0.6 is 0 Å². The number of urea groups is 1. The Morgan fingerprint density at radius 3 is 2.73 bits per heavy atom. The van der Waals surface area contributed by atoms with Crippen molar-refractivity contribution in [1.29, 1.82) is 0 Å². The van der Waals surface area contributed by atoms with Crippen LogP contribution in [0.5, 0.6) is 0 Å². The molecule has 0 saturated carbocycles. The molecule has 212 valence electrons. The number of aromatic nitrogens is 5. The zero-order valence-electron chi connectivity index (χ0n) is 23.2. The van der Waals surface area contributed by atoms with E-state index in [0.29, 0.717) is 47.8 Å². The summed E-state index contributed by atoms with van der Waals surface area (Å²) in [5, 5.41) is 6.40. The van der Waals surface area contributed by atoms with Gasteiger partial charge in [-0.05, 0) is 62.7 Å². The maximum absolute atomic E-state index is 15.1. The van der Waals surface area contributed by atoms with Crippen LogP contribution in [0.25, 0.3) is 39.1 Å². The Bertz CT molecular complexity index is 1820.